The Labute approximate surface area is 61.7 Å². The van der Waals surface area contributed by atoms with Crippen LogP contribution in [0.15, 0.2) is 0 Å². The van der Waals surface area contributed by atoms with Gasteiger partial charge >= 0.3 is 0 Å². The van der Waals surface area contributed by atoms with Crippen molar-refractivity contribution < 1.29 is 9.47 Å². The lowest BCUT2D eigenvalue weighted by Gasteiger charge is -2.36. The van der Waals surface area contributed by atoms with Crippen LogP contribution in [-0.2, 0) is 9.47 Å². The predicted octanol–water partition coefficient (Wildman–Crippen LogP) is 0.705. The van der Waals surface area contributed by atoms with Crippen molar-refractivity contribution in [3.05, 3.63) is 0 Å². The molecule has 1 saturated heterocycles. The number of hydrogen-bond donors (Lipinski definition) is 1. The third-order valence-corrected chi connectivity index (χ3v) is 1.57. The average molecular weight is 145 g/mol. The molecule has 2 atom stereocenters. The number of methoxy groups -OCH3 is 1. The van der Waals surface area contributed by atoms with E-state index in [0.717, 1.165) is 12.8 Å². The molecule has 1 fully saturated rings. The first-order valence-corrected chi connectivity index (χ1v) is 3.77. The molecule has 3 nitrogen and oxygen atoms in total. The van der Waals surface area contributed by atoms with Crippen LogP contribution in [0.4, 0.5) is 0 Å². The van der Waals surface area contributed by atoms with Gasteiger partial charge in [-0.15, -0.1) is 0 Å². The Hall–Kier alpha value is -0.120. The molecule has 3 heteroatoms. The molecule has 2 unspecified atom stereocenters. The van der Waals surface area contributed by atoms with Gasteiger partial charge in [0, 0.05) is 7.11 Å². The molecule has 0 aliphatic carbocycles. The Morgan fingerprint density at radius 2 is 2.20 bits per heavy atom. The third kappa shape index (κ3) is 1.94. The Morgan fingerprint density at radius 3 is 2.70 bits per heavy atom. The van der Waals surface area contributed by atoms with Crippen molar-refractivity contribution in [3.8, 4) is 0 Å². The van der Waals surface area contributed by atoms with Crippen molar-refractivity contribution in [2.75, 3.05) is 13.7 Å². The van der Waals surface area contributed by atoms with Gasteiger partial charge in [0.15, 0.2) is 0 Å². The summed E-state index contributed by atoms with van der Waals surface area (Å²) in [5, 5.41) is 3.23. The smallest absolute Gasteiger partial charge is 0.135 e. The molecular formula is C7H15NO2. The first-order valence-electron chi connectivity index (χ1n) is 3.77. The summed E-state index contributed by atoms with van der Waals surface area (Å²) in [6.07, 6.45) is 2.68. The summed E-state index contributed by atoms with van der Waals surface area (Å²) in [5.41, 5.74) is 0. The summed E-state index contributed by atoms with van der Waals surface area (Å²) < 4.78 is 10.3. The van der Waals surface area contributed by atoms with E-state index in [4.69, 9.17) is 9.47 Å². The topological polar surface area (TPSA) is 30.5 Å². The first-order chi connectivity index (χ1) is 4.86. The van der Waals surface area contributed by atoms with E-state index in [1.807, 2.05) is 0 Å². The Kier molecular flexibility index (Phi) is 3.12. The minimum absolute atomic E-state index is 0.140. The van der Waals surface area contributed by atoms with Gasteiger partial charge in [-0.3, -0.25) is 5.32 Å². The summed E-state index contributed by atoms with van der Waals surface area (Å²) in [4.78, 5) is 0. The maximum Gasteiger partial charge on any atom is 0.135 e. The largest absolute Gasteiger partial charge is 0.381 e. The Balaban J connectivity index is 1.95. The molecule has 1 aliphatic rings. The summed E-state index contributed by atoms with van der Waals surface area (Å²) in [5.74, 6) is 0. The zero-order valence-corrected chi connectivity index (χ0v) is 6.59. The minimum Gasteiger partial charge on any atom is -0.381 e. The molecule has 0 radical (unpaired) electrons. The van der Waals surface area contributed by atoms with E-state index >= 15 is 0 Å². The van der Waals surface area contributed by atoms with E-state index in [-0.39, 0.29) is 12.5 Å². The molecule has 1 rings (SSSR count). The van der Waals surface area contributed by atoms with E-state index in [2.05, 4.69) is 12.2 Å². The van der Waals surface area contributed by atoms with Crippen LogP contribution >= 0.6 is 0 Å². The van der Waals surface area contributed by atoms with Gasteiger partial charge in [-0.2, -0.15) is 0 Å². The van der Waals surface area contributed by atoms with Gasteiger partial charge in [-0.1, -0.05) is 13.3 Å². The van der Waals surface area contributed by atoms with Crippen LogP contribution in [0.1, 0.15) is 19.8 Å². The standard InChI is InChI=1S/C7H15NO2/c1-3-4-6-8-7(10-6)5-9-2/h6-8H,3-5H2,1-2H3. The third-order valence-electron chi connectivity index (χ3n) is 1.57. The second-order valence-electron chi connectivity index (χ2n) is 2.52. The van der Waals surface area contributed by atoms with E-state index in [0.29, 0.717) is 6.61 Å². The lowest BCUT2D eigenvalue weighted by molar-refractivity contribution is -0.183. The van der Waals surface area contributed by atoms with E-state index in [1.165, 1.54) is 0 Å². The van der Waals surface area contributed by atoms with Crippen molar-refractivity contribution in [2.45, 2.75) is 32.2 Å². The second kappa shape index (κ2) is 3.91. The van der Waals surface area contributed by atoms with E-state index in [9.17, 15) is 0 Å². The quantitative estimate of drug-likeness (QED) is 0.631. The molecule has 0 spiro atoms. The molecule has 0 aromatic heterocycles. The highest BCUT2D eigenvalue weighted by Crippen LogP contribution is 2.11. The number of nitrogens with one attached hydrogen (secondary N) is 1. The molecule has 0 aromatic carbocycles. The summed E-state index contributed by atoms with van der Waals surface area (Å²) in [6, 6.07) is 0. The zero-order valence-electron chi connectivity index (χ0n) is 6.59. The van der Waals surface area contributed by atoms with Gasteiger partial charge in [-0.05, 0) is 6.42 Å². The SMILES string of the molecule is CCCC1NC(COC)O1. The lowest BCUT2D eigenvalue weighted by atomic mass is 10.2. The highest BCUT2D eigenvalue weighted by molar-refractivity contribution is 4.70. The molecule has 0 aromatic rings. The molecule has 60 valence electrons. The molecule has 1 aliphatic heterocycles. The van der Waals surface area contributed by atoms with Crippen molar-refractivity contribution in [2.24, 2.45) is 0 Å². The van der Waals surface area contributed by atoms with Crippen LogP contribution in [0.5, 0.6) is 0 Å². The molecule has 1 N–H and O–H groups in total. The summed E-state index contributed by atoms with van der Waals surface area (Å²) in [6.45, 7) is 2.80. The van der Waals surface area contributed by atoms with Gasteiger partial charge in [0.25, 0.3) is 0 Å². The van der Waals surface area contributed by atoms with Crippen LogP contribution in [-0.4, -0.2) is 26.2 Å². The molecule has 10 heavy (non-hydrogen) atoms. The summed E-state index contributed by atoms with van der Waals surface area (Å²) in [7, 11) is 1.68. The highest BCUT2D eigenvalue weighted by Gasteiger charge is 2.27. The lowest BCUT2D eigenvalue weighted by Crippen LogP contribution is -2.57. The van der Waals surface area contributed by atoms with Gasteiger partial charge in [0.05, 0.1) is 6.61 Å². The highest BCUT2D eigenvalue weighted by atomic mass is 16.6. The summed E-state index contributed by atoms with van der Waals surface area (Å²) >= 11 is 0. The zero-order chi connectivity index (χ0) is 7.40. The van der Waals surface area contributed by atoms with Gasteiger partial charge in [0.1, 0.15) is 12.5 Å². The second-order valence-corrected chi connectivity index (χ2v) is 2.52. The monoisotopic (exact) mass is 145 g/mol. The minimum atomic E-state index is 0.140. The molecular weight excluding hydrogens is 130 g/mol. The fraction of sp³-hybridized carbons (Fsp3) is 1.00. The number of rotatable bonds is 4. The number of ether oxygens (including phenoxy) is 2. The van der Waals surface area contributed by atoms with Crippen molar-refractivity contribution >= 4 is 0 Å². The fourth-order valence-corrected chi connectivity index (χ4v) is 1.06. The van der Waals surface area contributed by atoms with Gasteiger partial charge < -0.3 is 9.47 Å². The molecule has 0 bridgehead atoms. The normalized spacial score (nSPS) is 31.8. The van der Waals surface area contributed by atoms with E-state index < -0.39 is 0 Å². The van der Waals surface area contributed by atoms with Gasteiger partial charge in [-0.25, -0.2) is 0 Å². The van der Waals surface area contributed by atoms with Crippen LogP contribution in [0.3, 0.4) is 0 Å². The van der Waals surface area contributed by atoms with Crippen LogP contribution in [0, 0.1) is 0 Å². The molecule has 0 saturated carbocycles. The van der Waals surface area contributed by atoms with Crippen LogP contribution < -0.4 is 5.32 Å². The Bertz CT molecular complexity index is 81.6. The molecule has 0 amide bonds. The fourth-order valence-electron chi connectivity index (χ4n) is 1.06. The van der Waals surface area contributed by atoms with Crippen LogP contribution in [0.25, 0.3) is 0 Å². The number of hydrogen-bond acceptors (Lipinski definition) is 3. The molecule has 1 heterocycles. The maximum atomic E-state index is 5.38. The maximum absolute atomic E-state index is 5.38. The predicted molar refractivity (Wildman–Crippen MR) is 38.6 cm³/mol. The average Bonchev–Trinajstić information content (AvgIpc) is 1.84. The van der Waals surface area contributed by atoms with Crippen molar-refractivity contribution in [3.63, 3.8) is 0 Å². The van der Waals surface area contributed by atoms with Crippen molar-refractivity contribution in [1.82, 2.24) is 5.32 Å². The Morgan fingerprint density at radius 1 is 1.50 bits per heavy atom. The van der Waals surface area contributed by atoms with E-state index in [1.54, 1.807) is 7.11 Å². The van der Waals surface area contributed by atoms with Crippen molar-refractivity contribution in [1.29, 1.82) is 0 Å². The first kappa shape index (κ1) is 7.98. The van der Waals surface area contributed by atoms with Gasteiger partial charge in [0.2, 0.25) is 0 Å². The van der Waals surface area contributed by atoms with Crippen LogP contribution in [0.2, 0.25) is 0 Å².